The summed E-state index contributed by atoms with van der Waals surface area (Å²) < 4.78 is 5.09. The predicted octanol–water partition coefficient (Wildman–Crippen LogP) is 1.34. The average Bonchev–Trinajstić information content (AvgIpc) is 2.14. The van der Waals surface area contributed by atoms with Gasteiger partial charge < -0.3 is 15.0 Å². The summed E-state index contributed by atoms with van der Waals surface area (Å²) in [6, 6.07) is 0.964. The zero-order valence-electron chi connectivity index (χ0n) is 10.3. The minimum Gasteiger partial charge on any atom is -0.383 e. The third-order valence-electron chi connectivity index (χ3n) is 2.41. The van der Waals surface area contributed by atoms with Crippen LogP contribution in [0.3, 0.4) is 0 Å². The van der Waals surface area contributed by atoms with E-state index in [1.807, 2.05) is 0 Å². The van der Waals surface area contributed by atoms with Crippen LogP contribution < -0.4 is 5.32 Å². The van der Waals surface area contributed by atoms with Gasteiger partial charge in [0.15, 0.2) is 0 Å². The zero-order chi connectivity index (χ0) is 11.0. The lowest BCUT2D eigenvalue weighted by atomic mass is 10.2. The lowest BCUT2D eigenvalue weighted by molar-refractivity contribution is 0.161. The fraction of sp³-hybridized carbons (Fsp3) is 1.00. The molecule has 86 valence electrons. The van der Waals surface area contributed by atoms with Crippen LogP contribution in [-0.2, 0) is 4.74 Å². The molecule has 2 unspecified atom stereocenters. The Kier molecular flexibility index (Phi) is 8.14. The molecule has 0 bridgehead atoms. The van der Waals surface area contributed by atoms with Gasteiger partial charge in [0.25, 0.3) is 0 Å². The second kappa shape index (κ2) is 8.21. The summed E-state index contributed by atoms with van der Waals surface area (Å²) in [5.41, 5.74) is 0. The van der Waals surface area contributed by atoms with E-state index in [-0.39, 0.29) is 0 Å². The number of nitrogens with one attached hydrogen (secondary N) is 1. The molecule has 0 amide bonds. The lowest BCUT2D eigenvalue weighted by Crippen LogP contribution is -2.44. The number of methoxy groups -OCH3 is 1. The van der Waals surface area contributed by atoms with Crippen molar-refractivity contribution in [1.29, 1.82) is 0 Å². The molecule has 0 aromatic rings. The van der Waals surface area contributed by atoms with Gasteiger partial charge >= 0.3 is 0 Å². The van der Waals surface area contributed by atoms with E-state index < -0.39 is 0 Å². The van der Waals surface area contributed by atoms with Crippen LogP contribution in [-0.4, -0.2) is 50.3 Å². The largest absolute Gasteiger partial charge is 0.383 e. The first-order valence-electron chi connectivity index (χ1n) is 5.61. The van der Waals surface area contributed by atoms with Crippen molar-refractivity contribution in [3.63, 3.8) is 0 Å². The van der Waals surface area contributed by atoms with Gasteiger partial charge in [-0.25, -0.2) is 0 Å². The van der Waals surface area contributed by atoms with Gasteiger partial charge in [-0.1, -0.05) is 13.8 Å². The van der Waals surface area contributed by atoms with Crippen LogP contribution in [0, 0.1) is 0 Å². The van der Waals surface area contributed by atoms with Crippen LogP contribution in [0.15, 0.2) is 0 Å². The molecular weight excluding hydrogens is 176 g/mol. The van der Waals surface area contributed by atoms with Gasteiger partial charge in [0.05, 0.1) is 6.61 Å². The molecule has 0 fully saturated rings. The van der Waals surface area contributed by atoms with E-state index in [9.17, 15) is 0 Å². The van der Waals surface area contributed by atoms with E-state index in [1.54, 1.807) is 7.11 Å². The van der Waals surface area contributed by atoms with E-state index >= 15 is 0 Å². The molecule has 3 nitrogen and oxygen atoms in total. The molecule has 0 aliphatic rings. The van der Waals surface area contributed by atoms with Gasteiger partial charge in [0.2, 0.25) is 0 Å². The summed E-state index contributed by atoms with van der Waals surface area (Å²) in [5.74, 6) is 0. The topological polar surface area (TPSA) is 24.5 Å². The fourth-order valence-corrected chi connectivity index (χ4v) is 1.71. The summed E-state index contributed by atoms with van der Waals surface area (Å²) in [6.07, 6.45) is 0. The number of rotatable bonds is 8. The molecule has 0 aliphatic carbocycles. The molecule has 2 atom stereocenters. The third kappa shape index (κ3) is 6.35. The summed E-state index contributed by atoms with van der Waals surface area (Å²) >= 11 is 0. The third-order valence-corrected chi connectivity index (χ3v) is 2.41. The molecule has 0 spiro atoms. The van der Waals surface area contributed by atoms with E-state index in [2.05, 4.69) is 37.9 Å². The highest BCUT2D eigenvalue weighted by Gasteiger charge is 2.09. The van der Waals surface area contributed by atoms with Crippen molar-refractivity contribution in [3.05, 3.63) is 0 Å². The summed E-state index contributed by atoms with van der Waals surface area (Å²) in [5, 5.41) is 3.51. The van der Waals surface area contributed by atoms with Gasteiger partial charge in [0, 0.05) is 25.7 Å². The van der Waals surface area contributed by atoms with Crippen LogP contribution in [0.2, 0.25) is 0 Å². The molecule has 0 aromatic carbocycles. The van der Waals surface area contributed by atoms with E-state index in [0.29, 0.717) is 12.1 Å². The first-order valence-corrected chi connectivity index (χ1v) is 5.61. The second-order valence-corrected chi connectivity index (χ2v) is 3.91. The highest BCUT2D eigenvalue weighted by molar-refractivity contribution is 4.70. The number of hydrogen-bond acceptors (Lipinski definition) is 3. The SMILES string of the molecule is CCN(CC)CC(C)NC(C)COC. The first kappa shape index (κ1) is 13.9. The maximum Gasteiger partial charge on any atom is 0.0613 e. The van der Waals surface area contributed by atoms with E-state index in [0.717, 1.165) is 26.2 Å². The molecule has 0 saturated heterocycles. The van der Waals surface area contributed by atoms with Crippen LogP contribution in [0.25, 0.3) is 0 Å². The van der Waals surface area contributed by atoms with Crippen LogP contribution in [0.1, 0.15) is 27.7 Å². The minimum atomic E-state index is 0.436. The highest BCUT2D eigenvalue weighted by Crippen LogP contribution is 1.94. The first-order chi connectivity index (χ1) is 6.63. The normalized spacial score (nSPS) is 15.9. The summed E-state index contributed by atoms with van der Waals surface area (Å²) in [4.78, 5) is 2.43. The predicted molar refractivity (Wildman–Crippen MR) is 61.7 cm³/mol. The number of hydrogen-bond donors (Lipinski definition) is 1. The van der Waals surface area contributed by atoms with E-state index in [4.69, 9.17) is 4.74 Å². The van der Waals surface area contributed by atoms with Crippen molar-refractivity contribution >= 4 is 0 Å². The quantitative estimate of drug-likeness (QED) is 0.643. The van der Waals surface area contributed by atoms with Gasteiger partial charge in [-0.05, 0) is 26.9 Å². The number of ether oxygens (including phenoxy) is 1. The van der Waals surface area contributed by atoms with Gasteiger partial charge in [-0.3, -0.25) is 0 Å². The average molecular weight is 202 g/mol. The van der Waals surface area contributed by atoms with Crippen molar-refractivity contribution in [1.82, 2.24) is 10.2 Å². The van der Waals surface area contributed by atoms with Gasteiger partial charge in [-0.15, -0.1) is 0 Å². The van der Waals surface area contributed by atoms with Gasteiger partial charge in [-0.2, -0.15) is 0 Å². The molecule has 0 saturated carbocycles. The van der Waals surface area contributed by atoms with Gasteiger partial charge in [0.1, 0.15) is 0 Å². The maximum absolute atomic E-state index is 5.09. The molecule has 0 aliphatic heterocycles. The van der Waals surface area contributed by atoms with Crippen molar-refractivity contribution in [2.75, 3.05) is 33.4 Å². The number of likely N-dealkylation sites (N-methyl/N-ethyl adjacent to an activating group) is 1. The van der Waals surface area contributed by atoms with Crippen molar-refractivity contribution in [2.24, 2.45) is 0 Å². The number of nitrogens with zero attached hydrogens (tertiary/aromatic N) is 1. The van der Waals surface area contributed by atoms with Crippen molar-refractivity contribution in [3.8, 4) is 0 Å². The Balaban J connectivity index is 3.67. The Morgan fingerprint density at radius 3 is 2.14 bits per heavy atom. The van der Waals surface area contributed by atoms with Crippen molar-refractivity contribution < 1.29 is 4.74 Å². The molecule has 14 heavy (non-hydrogen) atoms. The standard InChI is InChI=1S/C11H26N2O/c1-6-13(7-2)8-10(3)12-11(4)9-14-5/h10-12H,6-9H2,1-5H3. The van der Waals surface area contributed by atoms with Crippen molar-refractivity contribution in [2.45, 2.75) is 39.8 Å². The summed E-state index contributed by atoms with van der Waals surface area (Å²) in [6.45, 7) is 12.9. The summed E-state index contributed by atoms with van der Waals surface area (Å²) in [7, 11) is 1.74. The lowest BCUT2D eigenvalue weighted by Gasteiger charge is -2.25. The Hall–Kier alpha value is -0.120. The highest BCUT2D eigenvalue weighted by atomic mass is 16.5. The van der Waals surface area contributed by atoms with E-state index in [1.165, 1.54) is 0 Å². The molecule has 0 aromatic heterocycles. The Morgan fingerprint density at radius 1 is 1.14 bits per heavy atom. The second-order valence-electron chi connectivity index (χ2n) is 3.91. The molecule has 3 heteroatoms. The molecule has 0 radical (unpaired) electrons. The molecule has 0 rings (SSSR count). The maximum atomic E-state index is 5.09. The fourth-order valence-electron chi connectivity index (χ4n) is 1.71. The smallest absolute Gasteiger partial charge is 0.0613 e. The zero-order valence-corrected chi connectivity index (χ0v) is 10.3. The van der Waals surface area contributed by atoms with Crippen LogP contribution >= 0.6 is 0 Å². The Morgan fingerprint density at radius 2 is 1.71 bits per heavy atom. The monoisotopic (exact) mass is 202 g/mol. The van der Waals surface area contributed by atoms with Crippen LogP contribution in [0.4, 0.5) is 0 Å². The molecular formula is C11H26N2O. The van der Waals surface area contributed by atoms with Crippen LogP contribution in [0.5, 0.6) is 0 Å². The Bertz CT molecular complexity index is 126. The minimum absolute atomic E-state index is 0.436. The molecule has 0 heterocycles. The Labute approximate surface area is 88.8 Å². The molecule has 1 N–H and O–H groups in total.